The number of ether oxygens (including phenoxy) is 1. The number of nitrogens with zero attached hydrogens (tertiary/aromatic N) is 1. The maximum absolute atomic E-state index is 12.0. The summed E-state index contributed by atoms with van der Waals surface area (Å²) in [6.45, 7) is 0.309. The van der Waals surface area contributed by atoms with Gasteiger partial charge in [-0.05, 0) is 75.6 Å². The Labute approximate surface area is 224 Å². The average molecular weight is 604 g/mol. The van der Waals surface area contributed by atoms with Crippen LogP contribution < -0.4 is 15.5 Å². The van der Waals surface area contributed by atoms with Crippen molar-refractivity contribution >= 4 is 86.1 Å². The Kier molecular flexibility index (Phi) is 9.62. The SMILES string of the molecule is O=C(CC(=O)Nc1ccc(Cl)c(Cl)c1)NN=Cc1ccc(OCc2ccc(Cl)c(Cl)c2)c(Br)c1. The molecule has 0 radical (unpaired) electrons. The number of hydrazone groups is 1. The Morgan fingerprint density at radius 3 is 2.26 bits per heavy atom. The molecule has 2 amide bonds. The molecule has 0 aromatic heterocycles. The highest BCUT2D eigenvalue weighted by Gasteiger charge is 2.10. The van der Waals surface area contributed by atoms with Gasteiger partial charge in [0, 0.05) is 5.69 Å². The zero-order chi connectivity index (χ0) is 24.7. The molecule has 0 atom stereocenters. The van der Waals surface area contributed by atoms with Crippen molar-refractivity contribution in [2.75, 3.05) is 5.32 Å². The second-order valence-corrected chi connectivity index (χ2v) is 9.36. The molecule has 6 nitrogen and oxygen atoms in total. The molecule has 0 spiro atoms. The van der Waals surface area contributed by atoms with E-state index in [1.54, 1.807) is 42.5 Å². The Morgan fingerprint density at radius 1 is 0.882 bits per heavy atom. The molecular formula is C23H16BrCl4N3O3. The molecule has 0 fully saturated rings. The van der Waals surface area contributed by atoms with Gasteiger partial charge in [-0.3, -0.25) is 9.59 Å². The number of amides is 2. The highest BCUT2D eigenvalue weighted by Crippen LogP contribution is 2.28. The lowest BCUT2D eigenvalue weighted by Crippen LogP contribution is -2.24. The first kappa shape index (κ1) is 26.3. The van der Waals surface area contributed by atoms with Gasteiger partial charge in [-0.2, -0.15) is 5.10 Å². The molecule has 0 aliphatic carbocycles. The summed E-state index contributed by atoms with van der Waals surface area (Å²) >= 11 is 27.1. The summed E-state index contributed by atoms with van der Waals surface area (Å²) in [5.74, 6) is -0.474. The summed E-state index contributed by atoms with van der Waals surface area (Å²) in [7, 11) is 0. The molecular weight excluding hydrogens is 588 g/mol. The van der Waals surface area contributed by atoms with E-state index in [-0.39, 0.29) is 0 Å². The van der Waals surface area contributed by atoms with Crippen molar-refractivity contribution in [2.24, 2.45) is 5.10 Å². The van der Waals surface area contributed by atoms with Crippen molar-refractivity contribution in [3.63, 3.8) is 0 Å². The van der Waals surface area contributed by atoms with Crippen LogP contribution in [0.5, 0.6) is 5.75 Å². The Morgan fingerprint density at radius 2 is 1.59 bits per heavy atom. The number of carbonyl (C=O) groups excluding carboxylic acids is 2. The van der Waals surface area contributed by atoms with Crippen LogP contribution in [0.25, 0.3) is 0 Å². The third-order valence-electron chi connectivity index (χ3n) is 4.26. The van der Waals surface area contributed by atoms with E-state index in [1.807, 2.05) is 6.07 Å². The minimum Gasteiger partial charge on any atom is -0.488 e. The quantitative estimate of drug-likeness (QED) is 0.163. The van der Waals surface area contributed by atoms with Gasteiger partial charge in [0.2, 0.25) is 11.8 Å². The van der Waals surface area contributed by atoms with Gasteiger partial charge in [0.15, 0.2) is 0 Å². The number of halogens is 5. The van der Waals surface area contributed by atoms with Crippen molar-refractivity contribution in [1.29, 1.82) is 0 Å². The molecule has 0 aliphatic rings. The first-order valence-corrected chi connectivity index (χ1v) is 11.9. The zero-order valence-corrected chi connectivity index (χ0v) is 21.9. The predicted molar refractivity (Wildman–Crippen MR) is 140 cm³/mol. The van der Waals surface area contributed by atoms with Crippen LogP contribution in [0.2, 0.25) is 20.1 Å². The highest BCUT2D eigenvalue weighted by atomic mass is 79.9. The van der Waals surface area contributed by atoms with Crippen molar-refractivity contribution in [2.45, 2.75) is 13.0 Å². The fourth-order valence-electron chi connectivity index (χ4n) is 2.65. The minimum atomic E-state index is -0.575. The molecule has 3 aromatic rings. The van der Waals surface area contributed by atoms with E-state index in [2.05, 4.69) is 31.8 Å². The molecule has 0 saturated carbocycles. The van der Waals surface area contributed by atoms with E-state index in [0.717, 1.165) is 5.56 Å². The smallest absolute Gasteiger partial charge is 0.249 e. The lowest BCUT2D eigenvalue weighted by atomic mass is 10.2. The number of nitrogens with one attached hydrogen (secondary N) is 2. The maximum Gasteiger partial charge on any atom is 0.249 e. The fraction of sp³-hybridized carbons (Fsp3) is 0.0870. The van der Waals surface area contributed by atoms with Crippen LogP contribution in [0.15, 0.2) is 64.2 Å². The van der Waals surface area contributed by atoms with E-state index >= 15 is 0 Å². The summed E-state index contributed by atoms with van der Waals surface area (Å²) < 4.78 is 6.50. The largest absolute Gasteiger partial charge is 0.488 e. The van der Waals surface area contributed by atoms with E-state index in [9.17, 15) is 9.59 Å². The number of anilines is 1. The fourth-order valence-corrected chi connectivity index (χ4v) is 3.78. The van der Waals surface area contributed by atoms with Crippen LogP contribution in [0.1, 0.15) is 17.5 Å². The maximum atomic E-state index is 12.0. The van der Waals surface area contributed by atoms with Gasteiger partial charge in [0.05, 0.1) is 30.8 Å². The van der Waals surface area contributed by atoms with Crippen molar-refractivity contribution < 1.29 is 14.3 Å². The standard InChI is InChI=1S/C23H16BrCl4N3O3/c24-16-7-13(2-6-21(16)34-12-14-1-4-17(25)19(27)8-14)11-29-31-23(33)10-22(32)30-15-3-5-18(26)20(28)9-15/h1-9,11H,10,12H2,(H,30,32)(H,31,33). The predicted octanol–water partition coefficient (Wildman–Crippen LogP) is 7.12. The summed E-state index contributed by atoms with van der Waals surface area (Å²) in [6.07, 6.45) is 1.03. The van der Waals surface area contributed by atoms with Crippen LogP contribution >= 0.6 is 62.3 Å². The van der Waals surface area contributed by atoms with Gasteiger partial charge in [-0.25, -0.2) is 5.43 Å². The molecule has 3 rings (SSSR count). The van der Waals surface area contributed by atoms with Gasteiger partial charge < -0.3 is 10.1 Å². The molecule has 3 aromatic carbocycles. The Balaban J connectivity index is 1.48. The third kappa shape index (κ3) is 7.89. The first-order chi connectivity index (χ1) is 16.2. The summed E-state index contributed by atoms with van der Waals surface area (Å²) in [5.41, 5.74) is 4.32. The average Bonchev–Trinajstić information content (AvgIpc) is 2.78. The van der Waals surface area contributed by atoms with Crippen molar-refractivity contribution in [3.05, 3.63) is 90.3 Å². The summed E-state index contributed by atoms with van der Waals surface area (Å²) in [5, 5.41) is 8.04. The molecule has 0 bridgehead atoms. The number of hydrogen-bond donors (Lipinski definition) is 2. The van der Waals surface area contributed by atoms with Crippen LogP contribution in [-0.4, -0.2) is 18.0 Å². The van der Waals surface area contributed by atoms with Crippen LogP contribution in [0.3, 0.4) is 0 Å². The molecule has 0 unspecified atom stereocenters. The summed E-state index contributed by atoms with van der Waals surface area (Å²) in [4.78, 5) is 24.0. The number of carbonyl (C=O) groups is 2. The molecule has 0 saturated heterocycles. The third-order valence-corrected chi connectivity index (χ3v) is 6.36. The lowest BCUT2D eigenvalue weighted by molar-refractivity contribution is -0.126. The number of benzene rings is 3. The molecule has 176 valence electrons. The van der Waals surface area contributed by atoms with E-state index in [1.165, 1.54) is 12.3 Å². The molecule has 0 heterocycles. The van der Waals surface area contributed by atoms with E-state index in [0.29, 0.717) is 48.2 Å². The minimum absolute atomic E-state index is 0.297. The van der Waals surface area contributed by atoms with Crippen molar-refractivity contribution in [1.82, 2.24) is 5.43 Å². The van der Waals surface area contributed by atoms with Gasteiger partial charge in [0.25, 0.3) is 0 Å². The molecule has 34 heavy (non-hydrogen) atoms. The molecule has 2 N–H and O–H groups in total. The Bertz CT molecular complexity index is 1250. The van der Waals surface area contributed by atoms with Gasteiger partial charge in [-0.15, -0.1) is 0 Å². The van der Waals surface area contributed by atoms with Gasteiger partial charge in [0.1, 0.15) is 18.8 Å². The summed E-state index contributed by atoms with van der Waals surface area (Å²) in [6, 6.07) is 15.2. The second-order valence-electron chi connectivity index (χ2n) is 6.87. The van der Waals surface area contributed by atoms with Crippen LogP contribution in [0.4, 0.5) is 5.69 Å². The lowest BCUT2D eigenvalue weighted by Gasteiger charge is -2.09. The monoisotopic (exact) mass is 601 g/mol. The highest BCUT2D eigenvalue weighted by molar-refractivity contribution is 9.10. The molecule has 11 heteroatoms. The van der Waals surface area contributed by atoms with Gasteiger partial charge in [-0.1, -0.05) is 52.5 Å². The Hall–Kier alpha value is -2.29. The normalized spacial score (nSPS) is 10.9. The van der Waals surface area contributed by atoms with Crippen molar-refractivity contribution in [3.8, 4) is 5.75 Å². The van der Waals surface area contributed by atoms with E-state index in [4.69, 9.17) is 51.1 Å². The number of rotatable bonds is 8. The molecule has 0 aliphatic heterocycles. The zero-order valence-electron chi connectivity index (χ0n) is 17.2. The topological polar surface area (TPSA) is 79.8 Å². The van der Waals surface area contributed by atoms with Gasteiger partial charge >= 0.3 is 0 Å². The number of hydrogen-bond acceptors (Lipinski definition) is 4. The van der Waals surface area contributed by atoms with Crippen LogP contribution in [-0.2, 0) is 16.2 Å². The van der Waals surface area contributed by atoms with E-state index < -0.39 is 18.2 Å². The van der Waals surface area contributed by atoms with Crippen LogP contribution in [0, 0.1) is 0 Å². The first-order valence-electron chi connectivity index (χ1n) is 9.64. The second kappa shape index (κ2) is 12.4.